The number of carbonyl (C=O) groups excluding carboxylic acids is 1. The van der Waals surface area contributed by atoms with E-state index in [0.29, 0.717) is 40.2 Å². The fourth-order valence-electron chi connectivity index (χ4n) is 5.04. The second kappa shape index (κ2) is 15.1. The summed E-state index contributed by atoms with van der Waals surface area (Å²) < 4.78 is 46.0. The van der Waals surface area contributed by atoms with Gasteiger partial charge in [0.2, 0.25) is 10.0 Å². The van der Waals surface area contributed by atoms with Crippen LogP contribution in [0.3, 0.4) is 0 Å². The molecule has 2 aromatic carbocycles. The second-order valence-corrected chi connectivity index (χ2v) is 14.3. The van der Waals surface area contributed by atoms with E-state index in [2.05, 4.69) is 19.5 Å². The summed E-state index contributed by atoms with van der Waals surface area (Å²) in [5.41, 5.74) is 1.28. The minimum Gasteiger partial charge on any atom is -0.504 e. The third-order valence-electron chi connectivity index (χ3n) is 8.09. The molecule has 3 aromatic rings. The van der Waals surface area contributed by atoms with Crippen LogP contribution in [0.4, 0.5) is 5.69 Å². The number of nitrogens with one attached hydrogen (secondary N) is 1. The third-order valence-corrected chi connectivity index (χ3v) is 9.99. The summed E-state index contributed by atoms with van der Waals surface area (Å²) in [6, 6.07) is 9.13. The van der Waals surface area contributed by atoms with Gasteiger partial charge >= 0.3 is 5.97 Å². The molecule has 0 spiro atoms. The number of phenolic OH excluding ortho intramolecular Hbond substituents is 1. The van der Waals surface area contributed by atoms with Crippen molar-refractivity contribution in [3.05, 3.63) is 75.5 Å². The first-order valence-electron chi connectivity index (χ1n) is 15.1. The maximum atomic E-state index is 13.6. The summed E-state index contributed by atoms with van der Waals surface area (Å²) in [4.78, 5) is 21.9. The Hall–Kier alpha value is -3.29. The molecule has 2 N–H and O–H groups in total. The minimum atomic E-state index is -3.77. The van der Waals surface area contributed by atoms with Gasteiger partial charge in [-0.15, -0.1) is 0 Å². The maximum absolute atomic E-state index is 13.6. The third kappa shape index (κ3) is 9.16. The lowest BCUT2D eigenvalue weighted by molar-refractivity contribution is 0.0297. The van der Waals surface area contributed by atoms with Gasteiger partial charge in [0.25, 0.3) is 0 Å². The summed E-state index contributed by atoms with van der Waals surface area (Å²) >= 11 is 12.8. The van der Waals surface area contributed by atoms with Gasteiger partial charge in [0.05, 0.1) is 40.8 Å². The van der Waals surface area contributed by atoms with E-state index in [0.717, 1.165) is 39.0 Å². The Balaban J connectivity index is 1.36. The van der Waals surface area contributed by atoms with Crippen LogP contribution in [0.15, 0.2) is 48.8 Å². The second-order valence-electron chi connectivity index (χ2n) is 11.6. The minimum absolute atomic E-state index is 0.0332. The van der Waals surface area contributed by atoms with Gasteiger partial charge in [-0.1, -0.05) is 29.3 Å². The maximum Gasteiger partial charge on any atom is 0.338 e. The van der Waals surface area contributed by atoms with Crippen molar-refractivity contribution in [2.45, 2.75) is 25.4 Å². The summed E-state index contributed by atoms with van der Waals surface area (Å²) in [7, 11) is -0.308. The lowest BCUT2D eigenvalue weighted by atomic mass is 10.0. The fraction of sp³-hybridized carbons (Fsp3) is 0.438. The quantitative estimate of drug-likeness (QED) is 0.222. The predicted molar refractivity (Wildman–Crippen MR) is 177 cm³/mol. The molecule has 0 amide bonds. The molecule has 1 saturated carbocycles. The number of aromatic nitrogens is 1. The van der Waals surface area contributed by atoms with E-state index in [4.69, 9.17) is 37.4 Å². The van der Waals surface area contributed by atoms with Crippen LogP contribution in [0.1, 0.15) is 40.4 Å². The number of hydrogen-bond acceptors (Lipinski definition) is 10. The van der Waals surface area contributed by atoms with Crippen LogP contribution in [0.5, 0.6) is 17.2 Å². The van der Waals surface area contributed by atoms with Crippen molar-refractivity contribution in [1.29, 1.82) is 0 Å². The van der Waals surface area contributed by atoms with Gasteiger partial charge in [0, 0.05) is 51.5 Å². The monoisotopic (exact) mass is 692 g/mol. The van der Waals surface area contributed by atoms with Gasteiger partial charge in [0.1, 0.15) is 11.9 Å². The number of halogens is 2. The lowest BCUT2D eigenvalue weighted by Gasteiger charge is -2.32. The molecule has 5 rings (SSSR count). The van der Waals surface area contributed by atoms with E-state index < -0.39 is 22.1 Å². The molecule has 2 fully saturated rings. The number of pyridine rings is 1. The SMILES string of the molecule is COc1ccc(C(=O)OC(Cc2c(Cl)cncc2Cl)c2ccc(O)c(OCC3CC3)c2)cc1NS(=O)(=O)CCN1CCN(C)CC1. The predicted octanol–water partition coefficient (Wildman–Crippen LogP) is 5.02. The van der Waals surface area contributed by atoms with Gasteiger partial charge in [-0.05, 0) is 67.3 Å². The van der Waals surface area contributed by atoms with Crippen LogP contribution in [0.25, 0.3) is 0 Å². The van der Waals surface area contributed by atoms with Gasteiger partial charge in [0.15, 0.2) is 11.5 Å². The number of rotatable bonds is 14. The van der Waals surface area contributed by atoms with Crippen molar-refractivity contribution >= 4 is 44.9 Å². The number of anilines is 1. The van der Waals surface area contributed by atoms with E-state index in [1.54, 1.807) is 12.1 Å². The van der Waals surface area contributed by atoms with Gasteiger partial charge in [-0.3, -0.25) is 14.6 Å². The van der Waals surface area contributed by atoms with Crippen molar-refractivity contribution in [1.82, 2.24) is 14.8 Å². The number of carbonyl (C=O) groups is 1. The molecule has 1 atom stereocenters. The molecule has 1 aromatic heterocycles. The highest BCUT2D eigenvalue weighted by molar-refractivity contribution is 7.92. The zero-order valence-corrected chi connectivity index (χ0v) is 28.1. The van der Waals surface area contributed by atoms with Gasteiger partial charge in [-0.25, -0.2) is 13.2 Å². The highest BCUT2D eigenvalue weighted by Gasteiger charge is 2.26. The van der Waals surface area contributed by atoms with Crippen molar-refractivity contribution < 1.29 is 32.5 Å². The van der Waals surface area contributed by atoms with E-state index in [1.807, 2.05) is 7.05 Å². The number of nitrogens with zero attached hydrogens (tertiary/aromatic N) is 3. The molecule has 46 heavy (non-hydrogen) atoms. The highest BCUT2D eigenvalue weighted by atomic mass is 35.5. The van der Waals surface area contributed by atoms with E-state index in [1.165, 1.54) is 43.8 Å². The molecule has 1 aliphatic heterocycles. The first-order chi connectivity index (χ1) is 22.0. The summed E-state index contributed by atoms with van der Waals surface area (Å²) in [6.07, 6.45) is 4.26. The van der Waals surface area contributed by atoms with Crippen molar-refractivity contribution in [2.75, 3.05) is 64.0 Å². The Bertz CT molecular complexity index is 1630. The first-order valence-corrected chi connectivity index (χ1v) is 17.5. The number of esters is 1. The standard InChI is InChI=1S/C32H38Cl2N4O7S/c1-37-9-11-38(12-10-37)13-14-46(41,42)36-27-15-23(6-8-29(27)43-2)32(40)45-30(17-24-25(33)18-35-19-26(24)34)22-5-7-28(39)31(16-22)44-20-21-3-4-21/h5-8,15-16,18-19,21,30,36,39H,3-4,9-14,17,20H2,1-2H3. The fourth-order valence-corrected chi connectivity index (χ4v) is 6.65. The van der Waals surface area contributed by atoms with Crippen molar-refractivity contribution in [3.63, 3.8) is 0 Å². The van der Waals surface area contributed by atoms with Gasteiger partial charge in [-0.2, -0.15) is 0 Å². The van der Waals surface area contributed by atoms with Crippen molar-refractivity contribution in [3.8, 4) is 17.2 Å². The lowest BCUT2D eigenvalue weighted by Crippen LogP contribution is -2.46. The number of phenols is 1. The van der Waals surface area contributed by atoms with Crippen LogP contribution in [-0.4, -0.2) is 93.5 Å². The Morgan fingerprint density at radius 3 is 2.46 bits per heavy atom. The summed E-state index contributed by atoms with van der Waals surface area (Å²) in [5.74, 6) is 0.114. The average Bonchev–Trinajstić information content (AvgIpc) is 3.86. The van der Waals surface area contributed by atoms with Crippen LogP contribution >= 0.6 is 23.2 Å². The largest absolute Gasteiger partial charge is 0.504 e. The number of piperazine rings is 1. The normalized spacial score (nSPS) is 16.5. The zero-order valence-electron chi connectivity index (χ0n) is 25.7. The van der Waals surface area contributed by atoms with E-state index >= 15 is 0 Å². The smallest absolute Gasteiger partial charge is 0.338 e. The molecule has 2 aliphatic rings. The molecule has 1 saturated heterocycles. The number of hydrogen-bond donors (Lipinski definition) is 2. The molecule has 1 aliphatic carbocycles. The molecule has 1 unspecified atom stereocenters. The summed E-state index contributed by atoms with van der Waals surface area (Å²) in [6.45, 7) is 4.21. The molecule has 11 nitrogen and oxygen atoms in total. The van der Waals surface area contributed by atoms with Crippen LogP contribution < -0.4 is 14.2 Å². The first kappa shape index (κ1) is 34.1. The summed E-state index contributed by atoms with van der Waals surface area (Å²) in [5, 5.41) is 11.0. The Labute approximate surface area is 279 Å². The Morgan fingerprint density at radius 1 is 1.07 bits per heavy atom. The Kier molecular flexibility index (Phi) is 11.2. The number of ether oxygens (including phenoxy) is 3. The van der Waals surface area contributed by atoms with Crippen LogP contribution in [-0.2, 0) is 21.2 Å². The molecule has 248 valence electrons. The van der Waals surface area contributed by atoms with E-state index in [-0.39, 0.29) is 40.7 Å². The molecule has 0 radical (unpaired) electrons. The van der Waals surface area contributed by atoms with Crippen LogP contribution in [0, 0.1) is 5.92 Å². The molecular formula is C32H38Cl2N4O7S. The van der Waals surface area contributed by atoms with Crippen LogP contribution in [0.2, 0.25) is 10.0 Å². The number of methoxy groups -OCH3 is 1. The molecule has 2 heterocycles. The number of aromatic hydroxyl groups is 1. The molecule has 14 heteroatoms. The van der Waals surface area contributed by atoms with E-state index in [9.17, 15) is 18.3 Å². The Morgan fingerprint density at radius 2 is 1.78 bits per heavy atom. The highest BCUT2D eigenvalue weighted by Crippen LogP contribution is 2.37. The molecule has 0 bridgehead atoms. The van der Waals surface area contributed by atoms with Crippen molar-refractivity contribution in [2.24, 2.45) is 5.92 Å². The average molecular weight is 694 g/mol. The number of sulfonamides is 1. The molecular weight excluding hydrogens is 655 g/mol. The topological polar surface area (TPSA) is 131 Å². The number of likely N-dealkylation sites (N-methyl/N-ethyl adjacent to an activating group) is 1. The number of benzene rings is 2. The zero-order chi connectivity index (χ0) is 32.8. The van der Waals surface area contributed by atoms with Gasteiger partial charge < -0.3 is 24.2 Å².